The predicted molar refractivity (Wildman–Crippen MR) is 96.9 cm³/mol. The zero-order valence-electron chi connectivity index (χ0n) is 13.8. The molecule has 5 nitrogen and oxygen atoms in total. The lowest BCUT2D eigenvalue weighted by Gasteiger charge is -2.17. The molecule has 2 rings (SSSR count). The standard InChI is InChI=1S/C18H20N2O3S/c1-14-3-5-15(6-4-14)11-19(2)18(21)13-24-12-16-7-9-17(10-8-16)20(22)23/h3-10H,11-13H2,1-2H3. The summed E-state index contributed by atoms with van der Waals surface area (Å²) in [5.74, 6) is 1.11. The Morgan fingerprint density at radius 3 is 2.25 bits per heavy atom. The molecule has 0 aliphatic heterocycles. The van der Waals surface area contributed by atoms with E-state index in [0.29, 0.717) is 18.1 Å². The summed E-state index contributed by atoms with van der Waals surface area (Å²) in [4.78, 5) is 24.1. The van der Waals surface area contributed by atoms with E-state index in [2.05, 4.69) is 0 Å². The van der Waals surface area contributed by atoms with Gasteiger partial charge in [-0.3, -0.25) is 14.9 Å². The van der Waals surface area contributed by atoms with Gasteiger partial charge in [0.15, 0.2) is 0 Å². The van der Waals surface area contributed by atoms with Gasteiger partial charge in [0.2, 0.25) is 5.91 Å². The van der Waals surface area contributed by atoms with Gasteiger partial charge >= 0.3 is 0 Å². The Balaban J connectivity index is 1.77. The first kappa shape index (κ1) is 18.0. The van der Waals surface area contributed by atoms with Crippen LogP contribution in [0.25, 0.3) is 0 Å². The van der Waals surface area contributed by atoms with E-state index in [4.69, 9.17) is 0 Å². The molecular weight excluding hydrogens is 324 g/mol. The summed E-state index contributed by atoms with van der Waals surface area (Å²) in [5.41, 5.74) is 3.36. The van der Waals surface area contributed by atoms with Crippen LogP contribution in [0.1, 0.15) is 16.7 Å². The number of nitro benzene ring substituents is 1. The summed E-state index contributed by atoms with van der Waals surface area (Å²) >= 11 is 1.51. The molecule has 0 aliphatic rings. The van der Waals surface area contributed by atoms with Gasteiger partial charge in [0.25, 0.3) is 5.69 Å². The number of nitro groups is 1. The Labute approximate surface area is 145 Å². The molecular formula is C18H20N2O3S. The van der Waals surface area contributed by atoms with Crippen LogP contribution in [0.5, 0.6) is 0 Å². The van der Waals surface area contributed by atoms with Crippen molar-refractivity contribution in [2.45, 2.75) is 19.2 Å². The fourth-order valence-electron chi connectivity index (χ4n) is 2.14. The minimum atomic E-state index is -0.416. The number of nitrogens with zero attached hydrogens (tertiary/aromatic N) is 2. The van der Waals surface area contributed by atoms with Crippen LogP contribution in [0.2, 0.25) is 0 Å². The first-order valence-electron chi connectivity index (χ1n) is 7.56. The Kier molecular flexibility index (Phi) is 6.37. The number of non-ortho nitro benzene ring substituents is 1. The highest BCUT2D eigenvalue weighted by Crippen LogP contribution is 2.17. The third-order valence-electron chi connectivity index (χ3n) is 3.61. The molecule has 0 saturated carbocycles. The van der Waals surface area contributed by atoms with Crippen molar-refractivity contribution in [1.29, 1.82) is 0 Å². The van der Waals surface area contributed by atoms with Crippen LogP contribution in [-0.2, 0) is 17.1 Å². The van der Waals surface area contributed by atoms with Crippen molar-refractivity contribution in [3.8, 4) is 0 Å². The van der Waals surface area contributed by atoms with Crippen LogP contribution in [0.4, 0.5) is 5.69 Å². The quantitative estimate of drug-likeness (QED) is 0.566. The van der Waals surface area contributed by atoms with Crippen molar-refractivity contribution in [2.75, 3.05) is 12.8 Å². The Hall–Kier alpha value is -2.34. The van der Waals surface area contributed by atoms with Gasteiger partial charge in [0.1, 0.15) is 0 Å². The molecule has 0 fully saturated rings. The number of thioether (sulfide) groups is 1. The molecule has 0 unspecified atom stereocenters. The van der Waals surface area contributed by atoms with Gasteiger partial charge in [-0.25, -0.2) is 0 Å². The van der Waals surface area contributed by atoms with Crippen molar-refractivity contribution in [3.05, 3.63) is 75.3 Å². The summed E-state index contributed by atoms with van der Waals surface area (Å²) in [6, 6.07) is 14.6. The summed E-state index contributed by atoms with van der Waals surface area (Å²) in [5, 5.41) is 10.6. The number of amides is 1. The number of aryl methyl sites for hydroxylation is 1. The van der Waals surface area contributed by atoms with Crippen molar-refractivity contribution < 1.29 is 9.72 Å². The van der Waals surface area contributed by atoms with Crippen LogP contribution in [-0.4, -0.2) is 28.5 Å². The van der Waals surface area contributed by atoms with E-state index >= 15 is 0 Å². The molecule has 2 aromatic rings. The first-order valence-corrected chi connectivity index (χ1v) is 8.72. The summed E-state index contributed by atoms with van der Waals surface area (Å²) in [6.07, 6.45) is 0. The lowest BCUT2D eigenvalue weighted by atomic mass is 10.1. The monoisotopic (exact) mass is 344 g/mol. The molecule has 0 spiro atoms. The molecule has 0 atom stereocenters. The number of hydrogen-bond donors (Lipinski definition) is 0. The molecule has 0 saturated heterocycles. The van der Waals surface area contributed by atoms with E-state index in [0.717, 1.165) is 11.1 Å². The third kappa shape index (κ3) is 5.38. The van der Waals surface area contributed by atoms with E-state index in [1.54, 1.807) is 24.1 Å². The lowest BCUT2D eigenvalue weighted by Crippen LogP contribution is -2.27. The smallest absolute Gasteiger partial charge is 0.269 e. The molecule has 0 N–H and O–H groups in total. The molecule has 0 aromatic heterocycles. The van der Waals surface area contributed by atoms with Gasteiger partial charge in [-0.2, -0.15) is 0 Å². The van der Waals surface area contributed by atoms with Gasteiger partial charge in [-0.1, -0.05) is 42.0 Å². The second-order valence-electron chi connectivity index (χ2n) is 5.65. The maximum Gasteiger partial charge on any atom is 0.269 e. The van der Waals surface area contributed by atoms with Gasteiger partial charge in [0, 0.05) is 31.5 Å². The highest BCUT2D eigenvalue weighted by Gasteiger charge is 2.10. The highest BCUT2D eigenvalue weighted by molar-refractivity contribution is 7.99. The Morgan fingerprint density at radius 2 is 1.67 bits per heavy atom. The van der Waals surface area contributed by atoms with Crippen LogP contribution in [0, 0.1) is 17.0 Å². The zero-order chi connectivity index (χ0) is 17.5. The van der Waals surface area contributed by atoms with Gasteiger partial charge in [-0.15, -0.1) is 11.8 Å². The molecule has 1 amide bonds. The van der Waals surface area contributed by atoms with Crippen LogP contribution in [0.15, 0.2) is 48.5 Å². The number of carbonyl (C=O) groups excluding carboxylic acids is 1. The predicted octanol–water partition coefficient (Wildman–Crippen LogP) is 3.80. The van der Waals surface area contributed by atoms with Gasteiger partial charge in [0.05, 0.1) is 10.7 Å². The van der Waals surface area contributed by atoms with E-state index in [9.17, 15) is 14.9 Å². The van der Waals surface area contributed by atoms with E-state index < -0.39 is 4.92 Å². The molecule has 2 aromatic carbocycles. The van der Waals surface area contributed by atoms with Crippen molar-refractivity contribution in [3.63, 3.8) is 0 Å². The lowest BCUT2D eigenvalue weighted by molar-refractivity contribution is -0.384. The largest absolute Gasteiger partial charge is 0.341 e. The fraction of sp³-hybridized carbons (Fsp3) is 0.278. The topological polar surface area (TPSA) is 63.5 Å². The minimum absolute atomic E-state index is 0.0717. The molecule has 0 radical (unpaired) electrons. The summed E-state index contributed by atoms with van der Waals surface area (Å²) in [6.45, 7) is 2.63. The first-order chi connectivity index (χ1) is 11.5. The van der Waals surface area contributed by atoms with E-state index in [-0.39, 0.29) is 11.6 Å². The normalized spacial score (nSPS) is 10.4. The SMILES string of the molecule is Cc1ccc(CN(C)C(=O)CSCc2ccc([N+](=O)[O-])cc2)cc1. The number of carbonyl (C=O) groups is 1. The molecule has 6 heteroatoms. The van der Waals surface area contributed by atoms with Crippen LogP contribution >= 0.6 is 11.8 Å². The van der Waals surface area contributed by atoms with Gasteiger partial charge in [-0.05, 0) is 18.1 Å². The van der Waals surface area contributed by atoms with Crippen molar-refractivity contribution >= 4 is 23.4 Å². The van der Waals surface area contributed by atoms with E-state index in [1.165, 1.54) is 29.5 Å². The maximum absolute atomic E-state index is 12.2. The van der Waals surface area contributed by atoms with Crippen LogP contribution < -0.4 is 0 Å². The molecule has 0 bridgehead atoms. The molecule has 0 aliphatic carbocycles. The highest BCUT2D eigenvalue weighted by atomic mass is 32.2. The Morgan fingerprint density at radius 1 is 1.08 bits per heavy atom. The second kappa shape index (κ2) is 8.49. The van der Waals surface area contributed by atoms with E-state index in [1.807, 2.05) is 31.2 Å². The second-order valence-corrected chi connectivity index (χ2v) is 6.64. The number of benzene rings is 2. The Bertz CT molecular complexity index is 699. The molecule has 0 heterocycles. The number of hydrogen-bond acceptors (Lipinski definition) is 4. The fourth-order valence-corrected chi connectivity index (χ4v) is 3.06. The maximum atomic E-state index is 12.2. The summed E-state index contributed by atoms with van der Waals surface area (Å²) < 4.78 is 0. The molecule has 126 valence electrons. The van der Waals surface area contributed by atoms with Crippen molar-refractivity contribution in [2.24, 2.45) is 0 Å². The average Bonchev–Trinajstić information content (AvgIpc) is 2.57. The number of rotatable bonds is 7. The van der Waals surface area contributed by atoms with Crippen LogP contribution in [0.3, 0.4) is 0 Å². The minimum Gasteiger partial charge on any atom is -0.341 e. The molecule has 24 heavy (non-hydrogen) atoms. The zero-order valence-corrected chi connectivity index (χ0v) is 14.6. The van der Waals surface area contributed by atoms with Crippen molar-refractivity contribution in [1.82, 2.24) is 4.90 Å². The average molecular weight is 344 g/mol. The van der Waals surface area contributed by atoms with Gasteiger partial charge < -0.3 is 4.90 Å². The summed E-state index contributed by atoms with van der Waals surface area (Å²) in [7, 11) is 1.80. The third-order valence-corrected chi connectivity index (χ3v) is 4.60.